The van der Waals surface area contributed by atoms with Gasteiger partial charge in [-0.15, -0.1) is 24.0 Å². The zero-order chi connectivity index (χ0) is 22.7. The standard InChI is InChI=1S/C23H29N5O4.HI/c1-2-25-23(27-12-14-4-3-5-17(10-14)32-13-18(24)29)26-8-9-28-21(30)19-15-6-7-16(11-15)20(19)22(28)31;/h3-7,10,15-16,19-20H,2,8-9,11-13H2,1H3,(H2,24,29)(H2,25,26,27);1H. The molecule has 178 valence electrons. The van der Waals surface area contributed by atoms with Crippen LogP contribution in [0.25, 0.3) is 0 Å². The highest BCUT2D eigenvalue weighted by atomic mass is 127. The first-order valence-electron chi connectivity index (χ1n) is 11.0. The van der Waals surface area contributed by atoms with Crippen LogP contribution in [0.3, 0.4) is 0 Å². The van der Waals surface area contributed by atoms with Crippen molar-refractivity contribution in [3.05, 3.63) is 42.0 Å². The van der Waals surface area contributed by atoms with E-state index in [2.05, 4.69) is 27.8 Å². The van der Waals surface area contributed by atoms with Gasteiger partial charge >= 0.3 is 0 Å². The molecule has 1 aromatic carbocycles. The van der Waals surface area contributed by atoms with Gasteiger partial charge in [0.05, 0.1) is 18.4 Å². The van der Waals surface area contributed by atoms with Gasteiger partial charge in [0.15, 0.2) is 12.6 Å². The molecule has 4 unspecified atom stereocenters. The molecule has 0 aromatic heterocycles. The van der Waals surface area contributed by atoms with Gasteiger partial charge in [-0.3, -0.25) is 19.3 Å². The Morgan fingerprint density at radius 3 is 2.52 bits per heavy atom. The molecule has 4 N–H and O–H groups in total. The van der Waals surface area contributed by atoms with E-state index in [0.29, 0.717) is 37.9 Å². The highest BCUT2D eigenvalue weighted by Gasteiger charge is 2.58. The van der Waals surface area contributed by atoms with Crippen LogP contribution >= 0.6 is 24.0 Å². The predicted molar refractivity (Wildman–Crippen MR) is 134 cm³/mol. The van der Waals surface area contributed by atoms with Crippen molar-refractivity contribution in [1.82, 2.24) is 15.5 Å². The first kappa shape index (κ1) is 25.0. The number of allylic oxidation sites excluding steroid dienone is 2. The number of halogens is 1. The summed E-state index contributed by atoms with van der Waals surface area (Å²) in [4.78, 5) is 42.4. The van der Waals surface area contributed by atoms with Crippen LogP contribution in [0.15, 0.2) is 41.4 Å². The number of likely N-dealkylation sites (tertiary alicyclic amines) is 1. The number of ether oxygens (including phenoxy) is 1. The number of aliphatic imine (C=N–C) groups is 1. The van der Waals surface area contributed by atoms with E-state index in [1.54, 1.807) is 12.1 Å². The van der Waals surface area contributed by atoms with Gasteiger partial charge in [0.2, 0.25) is 11.8 Å². The van der Waals surface area contributed by atoms with E-state index in [1.165, 1.54) is 4.90 Å². The quantitative estimate of drug-likeness (QED) is 0.135. The maximum absolute atomic E-state index is 12.8. The third kappa shape index (κ3) is 5.48. The minimum atomic E-state index is -0.533. The zero-order valence-electron chi connectivity index (χ0n) is 18.5. The molecule has 1 heterocycles. The molecule has 10 heteroatoms. The monoisotopic (exact) mass is 567 g/mol. The maximum Gasteiger partial charge on any atom is 0.255 e. The van der Waals surface area contributed by atoms with Crippen LogP contribution in [0.4, 0.5) is 0 Å². The highest BCUT2D eigenvalue weighted by Crippen LogP contribution is 2.52. The normalized spacial score (nSPS) is 25.1. The van der Waals surface area contributed by atoms with Gasteiger partial charge in [-0.05, 0) is 42.9 Å². The smallest absolute Gasteiger partial charge is 0.255 e. The maximum atomic E-state index is 12.8. The van der Waals surface area contributed by atoms with Crippen molar-refractivity contribution in [2.45, 2.75) is 19.9 Å². The fourth-order valence-electron chi connectivity index (χ4n) is 4.87. The summed E-state index contributed by atoms with van der Waals surface area (Å²) in [6, 6.07) is 7.29. The Kier molecular flexibility index (Phi) is 8.33. The second-order valence-corrected chi connectivity index (χ2v) is 8.35. The number of benzene rings is 1. The largest absolute Gasteiger partial charge is 0.484 e. The summed E-state index contributed by atoms with van der Waals surface area (Å²) in [5, 5.41) is 6.37. The van der Waals surface area contributed by atoms with Crippen molar-refractivity contribution in [1.29, 1.82) is 0 Å². The predicted octanol–water partition coefficient (Wildman–Crippen LogP) is 1.03. The lowest BCUT2D eigenvalue weighted by molar-refractivity contribution is -0.140. The molecule has 4 atom stereocenters. The number of hydrogen-bond acceptors (Lipinski definition) is 5. The topological polar surface area (TPSA) is 126 Å². The summed E-state index contributed by atoms with van der Waals surface area (Å²) >= 11 is 0. The molecule has 1 saturated heterocycles. The molecule has 0 radical (unpaired) electrons. The fraction of sp³-hybridized carbons (Fsp3) is 0.478. The van der Waals surface area contributed by atoms with E-state index in [9.17, 15) is 14.4 Å². The molecule has 2 fully saturated rings. The number of amides is 3. The van der Waals surface area contributed by atoms with Gasteiger partial charge in [-0.25, -0.2) is 4.99 Å². The Morgan fingerprint density at radius 2 is 1.88 bits per heavy atom. The second-order valence-electron chi connectivity index (χ2n) is 8.35. The Bertz CT molecular complexity index is 936. The van der Waals surface area contributed by atoms with Crippen molar-refractivity contribution in [3.63, 3.8) is 0 Å². The van der Waals surface area contributed by atoms with Crippen LogP contribution in [0.1, 0.15) is 18.9 Å². The molecular formula is C23H30IN5O4. The average molecular weight is 567 g/mol. The number of primary amides is 1. The number of nitrogens with zero attached hydrogens (tertiary/aromatic N) is 2. The van der Waals surface area contributed by atoms with Crippen LogP contribution in [0.5, 0.6) is 5.75 Å². The Morgan fingerprint density at radius 1 is 1.18 bits per heavy atom. The molecule has 1 saturated carbocycles. The summed E-state index contributed by atoms with van der Waals surface area (Å²) in [7, 11) is 0. The van der Waals surface area contributed by atoms with E-state index in [4.69, 9.17) is 10.5 Å². The van der Waals surface area contributed by atoms with Crippen molar-refractivity contribution >= 4 is 47.7 Å². The van der Waals surface area contributed by atoms with Crippen LogP contribution in [0.2, 0.25) is 0 Å². The number of guanidine groups is 1. The summed E-state index contributed by atoms with van der Waals surface area (Å²) in [5.74, 6) is 0.664. The number of nitrogens with two attached hydrogens (primary N) is 1. The van der Waals surface area contributed by atoms with Crippen LogP contribution in [-0.2, 0) is 20.9 Å². The van der Waals surface area contributed by atoms with E-state index in [0.717, 1.165) is 12.0 Å². The van der Waals surface area contributed by atoms with Crippen LogP contribution in [-0.4, -0.2) is 54.8 Å². The van der Waals surface area contributed by atoms with E-state index in [1.807, 2.05) is 19.1 Å². The first-order chi connectivity index (χ1) is 15.5. The van der Waals surface area contributed by atoms with E-state index >= 15 is 0 Å². The van der Waals surface area contributed by atoms with E-state index in [-0.39, 0.29) is 66.1 Å². The zero-order valence-corrected chi connectivity index (χ0v) is 20.9. The van der Waals surface area contributed by atoms with Gasteiger partial charge in [0.25, 0.3) is 5.91 Å². The minimum Gasteiger partial charge on any atom is -0.484 e. The van der Waals surface area contributed by atoms with Gasteiger partial charge in [-0.2, -0.15) is 0 Å². The molecule has 33 heavy (non-hydrogen) atoms. The number of hydrogen-bond donors (Lipinski definition) is 3. The molecule has 0 spiro atoms. The summed E-state index contributed by atoms with van der Waals surface area (Å²) in [5.41, 5.74) is 6.02. The number of nitrogens with one attached hydrogen (secondary N) is 2. The molecule has 4 rings (SSSR count). The summed E-state index contributed by atoms with van der Waals surface area (Å²) in [6.45, 7) is 3.60. The number of rotatable bonds is 9. The first-order valence-corrected chi connectivity index (χ1v) is 11.0. The Balaban J connectivity index is 0.00000306. The van der Waals surface area contributed by atoms with Crippen LogP contribution in [0, 0.1) is 23.7 Å². The lowest BCUT2D eigenvalue weighted by atomic mass is 9.85. The number of carbonyl (C=O) groups excluding carboxylic acids is 3. The molecule has 9 nitrogen and oxygen atoms in total. The Hall–Kier alpha value is -2.63. The number of imide groups is 1. The third-order valence-electron chi connectivity index (χ3n) is 6.23. The minimum absolute atomic E-state index is 0. The second kappa shape index (κ2) is 11.0. The van der Waals surface area contributed by atoms with Crippen molar-refractivity contribution < 1.29 is 19.1 Å². The SMILES string of the molecule is CCNC(=NCc1cccc(OCC(N)=O)c1)NCCN1C(=O)C2C3C=CC(C3)C2C1=O.I. The van der Waals surface area contributed by atoms with Crippen molar-refractivity contribution in [2.75, 3.05) is 26.2 Å². The highest BCUT2D eigenvalue weighted by molar-refractivity contribution is 14.0. The molecule has 2 aliphatic carbocycles. The molecular weight excluding hydrogens is 537 g/mol. The summed E-state index contributed by atoms with van der Waals surface area (Å²) in [6.07, 6.45) is 5.14. The van der Waals surface area contributed by atoms with Gasteiger partial charge < -0.3 is 21.1 Å². The molecule has 1 aliphatic heterocycles. The number of fused-ring (bicyclic) bond motifs is 5. The third-order valence-corrected chi connectivity index (χ3v) is 6.23. The van der Waals surface area contributed by atoms with Gasteiger partial charge in [-0.1, -0.05) is 24.3 Å². The van der Waals surface area contributed by atoms with E-state index < -0.39 is 5.91 Å². The van der Waals surface area contributed by atoms with Crippen molar-refractivity contribution in [2.24, 2.45) is 34.4 Å². The Labute approximate surface area is 210 Å². The lowest BCUT2D eigenvalue weighted by Crippen LogP contribution is -2.43. The molecule has 2 bridgehead atoms. The van der Waals surface area contributed by atoms with Gasteiger partial charge in [0, 0.05) is 19.6 Å². The van der Waals surface area contributed by atoms with Crippen molar-refractivity contribution in [3.8, 4) is 5.75 Å². The van der Waals surface area contributed by atoms with Gasteiger partial charge in [0.1, 0.15) is 5.75 Å². The lowest BCUT2D eigenvalue weighted by Gasteiger charge is -2.18. The number of carbonyl (C=O) groups is 3. The average Bonchev–Trinajstić information content (AvgIpc) is 3.46. The fourth-order valence-corrected chi connectivity index (χ4v) is 4.87. The summed E-state index contributed by atoms with van der Waals surface area (Å²) < 4.78 is 5.33. The molecule has 1 aromatic rings. The van der Waals surface area contributed by atoms with Crippen LogP contribution < -0.4 is 21.1 Å². The molecule has 3 aliphatic rings. The molecule has 3 amide bonds.